The molecule has 0 bridgehead atoms. The highest BCUT2D eigenvalue weighted by Crippen LogP contribution is 2.21. The summed E-state index contributed by atoms with van der Waals surface area (Å²) < 4.78 is 33.5. The molecule has 1 aromatic heterocycles. The van der Waals surface area contributed by atoms with E-state index in [0.717, 1.165) is 4.68 Å². The monoisotopic (exact) mass is 608 g/mol. The van der Waals surface area contributed by atoms with Gasteiger partial charge in [0.1, 0.15) is 6.04 Å². The van der Waals surface area contributed by atoms with E-state index in [1.165, 1.54) is 0 Å². The Balaban J connectivity index is 1.19. The van der Waals surface area contributed by atoms with Gasteiger partial charge < -0.3 is 38.8 Å². The topological polar surface area (TPSA) is 186 Å². The van der Waals surface area contributed by atoms with Gasteiger partial charge in [-0.3, -0.25) is 24.5 Å². The quantitative estimate of drug-likeness (QED) is 0.116. The lowest BCUT2D eigenvalue weighted by molar-refractivity contribution is -0.138. The maximum atomic E-state index is 13.2. The van der Waals surface area contributed by atoms with Gasteiger partial charge in [-0.05, 0) is 12.5 Å². The van der Waals surface area contributed by atoms with E-state index in [1.807, 2.05) is 6.07 Å². The molecule has 15 heteroatoms. The molecule has 1 unspecified atom stereocenters. The van der Waals surface area contributed by atoms with Gasteiger partial charge in [0, 0.05) is 24.0 Å². The molecule has 1 fully saturated rings. The summed E-state index contributed by atoms with van der Waals surface area (Å²) in [4.78, 5) is 47.3. The fourth-order valence-electron chi connectivity index (χ4n) is 4.11. The molecule has 0 saturated carbocycles. The summed E-state index contributed by atoms with van der Waals surface area (Å²) in [6.45, 7) is 5.14. The largest absolute Gasteiger partial charge is 0.481 e. The summed E-state index contributed by atoms with van der Waals surface area (Å²) >= 11 is 0. The Morgan fingerprint density at radius 3 is 1.98 bits per heavy atom. The van der Waals surface area contributed by atoms with Crippen molar-refractivity contribution in [2.45, 2.75) is 25.3 Å². The number of nitrogens with zero attached hydrogens (tertiary/aromatic N) is 2. The van der Waals surface area contributed by atoms with Gasteiger partial charge in [-0.25, -0.2) is 4.68 Å². The first kappa shape index (κ1) is 34.0. The number of amides is 2. The van der Waals surface area contributed by atoms with Gasteiger partial charge in [-0.1, -0.05) is 12.1 Å². The van der Waals surface area contributed by atoms with Gasteiger partial charge in [0.2, 0.25) is 5.91 Å². The number of benzene rings is 1. The van der Waals surface area contributed by atoms with E-state index in [4.69, 9.17) is 33.5 Å². The molecule has 1 saturated heterocycles. The summed E-state index contributed by atoms with van der Waals surface area (Å²) in [5, 5.41) is 19.2. The second-order valence-corrected chi connectivity index (χ2v) is 9.38. The second kappa shape index (κ2) is 19.7. The fourth-order valence-corrected chi connectivity index (χ4v) is 4.11. The average Bonchev–Trinajstić information content (AvgIpc) is 2.98. The molecule has 2 heterocycles. The van der Waals surface area contributed by atoms with Crippen molar-refractivity contribution in [2.24, 2.45) is 0 Å². The summed E-state index contributed by atoms with van der Waals surface area (Å²) in [5.74, 6) is -1.77. The lowest BCUT2D eigenvalue weighted by Crippen LogP contribution is -2.45. The van der Waals surface area contributed by atoms with Crippen molar-refractivity contribution in [1.29, 1.82) is 0 Å². The number of imide groups is 1. The minimum atomic E-state index is -0.887. The van der Waals surface area contributed by atoms with Crippen LogP contribution in [0.5, 0.6) is 0 Å². The molecule has 238 valence electrons. The van der Waals surface area contributed by atoms with Crippen molar-refractivity contribution in [3.8, 4) is 0 Å². The Labute approximate surface area is 248 Å². The number of ether oxygens (including phenoxy) is 6. The zero-order valence-corrected chi connectivity index (χ0v) is 24.1. The minimum Gasteiger partial charge on any atom is -0.481 e. The van der Waals surface area contributed by atoms with E-state index in [-0.39, 0.29) is 31.8 Å². The molecule has 0 spiro atoms. The molecule has 1 atom stereocenters. The van der Waals surface area contributed by atoms with Crippen LogP contribution < -0.4 is 16.2 Å². The molecule has 15 nitrogen and oxygen atoms in total. The number of aliphatic carboxylic acids is 1. The fraction of sp³-hybridized carbons (Fsp3) is 0.607. The predicted octanol–water partition coefficient (Wildman–Crippen LogP) is 0.360. The summed E-state index contributed by atoms with van der Waals surface area (Å²) in [5.41, 5.74) is 0.208. The maximum Gasteiger partial charge on any atom is 0.305 e. The Bertz CT molecular complexity index is 1220. The zero-order chi connectivity index (χ0) is 30.7. The summed E-state index contributed by atoms with van der Waals surface area (Å²) in [7, 11) is 0. The predicted molar refractivity (Wildman–Crippen MR) is 153 cm³/mol. The van der Waals surface area contributed by atoms with Crippen molar-refractivity contribution in [1.82, 2.24) is 15.1 Å². The molecule has 3 rings (SSSR count). The van der Waals surface area contributed by atoms with Crippen LogP contribution in [0.2, 0.25) is 0 Å². The number of nitrogens with one attached hydrogen (secondary N) is 2. The third-order valence-corrected chi connectivity index (χ3v) is 6.23. The normalized spacial score (nSPS) is 15.1. The van der Waals surface area contributed by atoms with Gasteiger partial charge in [0.15, 0.2) is 0 Å². The van der Waals surface area contributed by atoms with Crippen molar-refractivity contribution in [3.05, 3.63) is 34.7 Å². The van der Waals surface area contributed by atoms with Gasteiger partial charge in [0.25, 0.3) is 11.5 Å². The van der Waals surface area contributed by atoms with Crippen LogP contribution in [0.25, 0.3) is 10.8 Å². The van der Waals surface area contributed by atoms with Crippen LogP contribution in [0.1, 0.15) is 25.3 Å². The average molecular weight is 609 g/mol. The van der Waals surface area contributed by atoms with E-state index in [2.05, 4.69) is 15.7 Å². The third-order valence-electron chi connectivity index (χ3n) is 6.23. The van der Waals surface area contributed by atoms with Gasteiger partial charge in [-0.2, -0.15) is 5.10 Å². The van der Waals surface area contributed by atoms with Crippen molar-refractivity contribution >= 4 is 34.2 Å². The number of anilines is 1. The molecule has 2 amide bonds. The summed E-state index contributed by atoms with van der Waals surface area (Å²) in [6, 6.07) is 4.55. The molecule has 0 radical (unpaired) electrons. The minimum absolute atomic E-state index is 0.0175. The molecule has 1 aliphatic rings. The van der Waals surface area contributed by atoms with Gasteiger partial charge in [0.05, 0.1) is 97.3 Å². The standard InChI is InChI=1S/C28H40N4O11/c33-24-5-4-23(27(36)31-24)32-28(37)26-21(20-30-32)2-1-3-22(26)29-7-9-39-11-13-41-15-17-43-19-18-42-16-14-40-12-10-38-8-6-25(34)35/h1-3,20,23,29H,4-19H2,(H,34,35)(H,31,33,36). The van der Waals surface area contributed by atoms with Crippen molar-refractivity contribution in [3.63, 3.8) is 0 Å². The van der Waals surface area contributed by atoms with Gasteiger partial charge in [-0.15, -0.1) is 0 Å². The van der Waals surface area contributed by atoms with Crippen LogP contribution in [0, 0.1) is 0 Å². The van der Waals surface area contributed by atoms with E-state index in [1.54, 1.807) is 18.3 Å². The first-order chi connectivity index (χ1) is 21.0. The van der Waals surface area contributed by atoms with Crippen LogP contribution in [-0.4, -0.2) is 118 Å². The van der Waals surface area contributed by atoms with Gasteiger partial charge >= 0.3 is 5.97 Å². The maximum absolute atomic E-state index is 13.2. The lowest BCUT2D eigenvalue weighted by Gasteiger charge is -2.22. The van der Waals surface area contributed by atoms with E-state index < -0.39 is 23.5 Å². The van der Waals surface area contributed by atoms with Crippen LogP contribution in [0.15, 0.2) is 29.2 Å². The number of carboxylic acids is 1. The highest BCUT2D eigenvalue weighted by molar-refractivity contribution is 5.99. The first-order valence-corrected chi connectivity index (χ1v) is 14.2. The number of aromatic nitrogens is 2. The smallest absolute Gasteiger partial charge is 0.305 e. The molecule has 3 N–H and O–H groups in total. The highest BCUT2D eigenvalue weighted by atomic mass is 16.6. The summed E-state index contributed by atoms with van der Waals surface area (Å²) in [6.07, 6.45) is 1.90. The molecule has 0 aliphatic carbocycles. The highest BCUT2D eigenvalue weighted by Gasteiger charge is 2.30. The molecule has 43 heavy (non-hydrogen) atoms. The Morgan fingerprint density at radius 1 is 0.860 bits per heavy atom. The van der Waals surface area contributed by atoms with E-state index >= 15 is 0 Å². The number of rotatable bonds is 23. The Hall–Kier alpha value is -3.47. The number of piperidine rings is 1. The van der Waals surface area contributed by atoms with Crippen molar-refractivity contribution < 1.29 is 47.9 Å². The van der Waals surface area contributed by atoms with Crippen LogP contribution in [0.4, 0.5) is 5.69 Å². The molecule has 2 aromatic rings. The molecule has 1 aliphatic heterocycles. The number of carboxylic acid groups (broad SMARTS) is 1. The number of carbonyl (C=O) groups excluding carboxylic acids is 2. The first-order valence-electron chi connectivity index (χ1n) is 14.2. The molecular weight excluding hydrogens is 568 g/mol. The number of carbonyl (C=O) groups is 3. The Kier molecular flexibility index (Phi) is 15.6. The number of hydrogen-bond acceptors (Lipinski definition) is 12. The third kappa shape index (κ3) is 12.3. The van der Waals surface area contributed by atoms with Crippen LogP contribution in [-0.2, 0) is 42.8 Å². The molecule has 1 aromatic carbocycles. The second-order valence-electron chi connectivity index (χ2n) is 9.38. The van der Waals surface area contributed by atoms with Crippen LogP contribution in [0.3, 0.4) is 0 Å². The number of fused-ring (bicyclic) bond motifs is 1. The Morgan fingerprint density at radius 2 is 1.42 bits per heavy atom. The SMILES string of the molecule is O=C(O)CCOCCOCCOCCOCCOCCOCCNc1cccc2cnn(C3CCC(=O)NC3=O)c(=O)c12. The molecular formula is C28H40N4O11. The number of hydrogen-bond donors (Lipinski definition) is 3. The van der Waals surface area contributed by atoms with E-state index in [0.29, 0.717) is 95.7 Å². The van der Waals surface area contributed by atoms with Crippen LogP contribution >= 0.6 is 0 Å². The lowest BCUT2D eigenvalue weighted by atomic mass is 10.1. The van der Waals surface area contributed by atoms with Crippen molar-refractivity contribution in [2.75, 3.05) is 91.1 Å². The zero-order valence-electron chi connectivity index (χ0n) is 24.1. The van der Waals surface area contributed by atoms with E-state index in [9.17, 15) is 19.2 Å².